The van der Waals surface area contributed by atoms with Crippen LogP contribution < -0.4 is 5.32 Å². The molecule has 2 nitrogen and oxygen atoms in total. The summed E-state index contributed by atoms with van der Waals surface area (Å²) in [6.07, 6.45) is 10.5. The first-order valence-corrected chi connectivity index (χ1v) is 14.4. The van der Waals surface area contributed by atoms with E-state index in [0.29, 0.717) is 5.88 Å². The summed E-state index contributed by atoms with van der Waals surface area (Å²) >= 11 is 0. The quantitative estimate of drug-likeness (QED) is 0.206. The zero-order chi connectivity index (χ0) is 26.9. The highest BCUT2D eigenvalue weighted by Crippen LogP contribution is 2.39. The van der Waals surface area contributed by atoms with Crippen LogP contribution in [0.4, 0.5) is 0 Å². The van der Waals surface area contributed by atoms with Crippen molar-refractivity contribution in [2.45, 2.75) is 118 Å². The molecule has 1 N–H and O–H groups in total. The Kier molecular flexibility index (Phi) is 11.9. The molecule has 0 amide bonds. The fraction of sp³-hybridized carbons (Fsp3) is 0.647. The first-order valence-electron chi connectivity index (χ1n) is 14.4. The summed E-state index contributed by atoms with van der Waals surface area (Å²) < 4.78 is 6.03. The molecule has 0 heterocycles. The normalized spacial score (nSPS) is 21.2. The molecule has 0 aliphatic heterocycles. The molecule has 202 valence electrons. The summed E-state index contributed by atoms with van der Waals surface area (Å²) in [5.74, 6) is 3.85. The van der Waals surface area contributed by atoms with Crippen LogP contribution in [0, 0.1) is 23.7 Å². The molecule has 0 bridgehead atoms. The maximum atomic E-state index is 6.03. The number of hydrogen-bond donors (Lipinski definition) is 1. The molecule has 2 heteroatoms. The standard InChI is InChI=1S/C34H55NO/c1-11-29-14-16-30(17-15-29)13-12-27(6)33(35-28(7)36-34(8,9)10)22-26(5)21-32-20-25(4)19-31(23-32)18-24(2)3/h14-17,24-25,31-33,35H,5-7,11-13,18-23H2,1-4,8-10H3. The molecule has 1 aliphatic carbocycles. The molecule has 4 unspecified atom stereocenters. The number of nitrogens with one attached hydrogen (secondary N) is 1. The van der Waals surface area contributed by atoms with Gasteiger partial charge in [-0.3, -0.25) is 0 Å². The molecule has 1 saturated carbocycles. The monoisotopic (exact) mass is 493 g/mol. The average Bonchev–Trinajstić information content (AvgIpc) is 2.75. The van der Waals surface area contributed by atoms with Gasteiger partial charge in [0, 0.05) is 0 Å². The van der Waals surface area contributed by atoms with Crippen molar-refractivity contribution in [3.63, 3.8) is 0 Å². The lowest BCUT2D eigenvalue weighted by molar-refractivity contribution is 0.0393. The van der Waals surface area contributed by atoms with Gasteiger partial charge in [0.05, 0.1) is 6.04 Å². The lowest BCUT2D eigenvalue weighted by atomic mass is 9.71. The molecular weight excluding hydrogens is 438 g/mol. The third-order valence-corrected chi connectivity index (χ3v) is 7.44. The lowest BCUT2D eigenvalue weighted by Crippen LogP contribution is -2.34. The first-order chi connectivity index (χ1) is 16.8. The van der Waals surface area contributed by atoms with E-state index in [9.17, 15) is 0 Å². The van der Waals surface area contributed by atoms with Gasteiger partial charge in [-0.1, -0.05) is 76.3 Å². The van der Waals surface area contributed by atoms with E-state index < -0.39 is 0 Å². The van der Waals surface area contributed by atoms with Gasteiger partial charge in [-0.05, 0) is 120 Å². The van der Waals surface area contributed by atoms with Crippen molar-refractivity contribution < 1.29 is 4.74 Å². The van der Waals surface area contributed by atoms with Crippen LogP contribution in [-0.2, 0) is 17.6 Å². The second-order valence-corrected chi connectivity index (χ2v) is 13.0. The summed E-state index contributed by atoms with van der Waals surface area (Å²) in [5, 5.41) is 3.56. The van der Waals surface area contributed by atoms with Crippen LogP contribution in [0.2, 0.25) is 0 Å². The van der Waals surface area contributed by atoms with Gasteiger partial charge in [0.1, 0.15) is 5.60 Å². The summed E-state index contributed by atoms with van der Waals surface area (Å²) in [5.41, 5.74) is 4.99. The molecule has 36 heavy (non-hydrogen) atoms. The van der Waals surface area contributed by atoms with E-state index in [-0.39, 0.29) is 11.6 Å². The van der Waals surface area contributed by atoms with Crippen molar-refractivity contribution in [2.75, 3.05) is 0 Å². The van der Waals surface area contributed by atoms with Crippen molar-refractivity contribution in [1.29, 1.82) is 0 Å². The SMILES string of the molecule is C=C(CC1CC(C)CC(CC(C)C)C1)CC(NC(=C)OC(C)(C)C)C(=C)CCc1ccc(CC)cc1. The molecule has 4 atom stereocenters. The van der Waals surface area contributed by atoms with Crippen LogP contribution in [0.25, 0.3) is 0 Å². The smallest absolute Gasteiger partial charge is 0.180 e. The second kappa shape index (κ2) is 14.1. The first kappa shape index (κ1) is 30.3. The summed E-state index contributed by atoms with van der Waals surface area (Å²) in [6, 6.07) is 9.09. The van der Waals surface area contributed by atoms with Gasteiger partial charge in [-0.25, -0.2) is 0 Å². The van der Waals surface area contributed by atoms with Gasteiger partial charge in [0.2, 0.25) is 0 Å². The second-order valence-electron chi connectivity index (χ2n) is 13.0. The molecule has 1 aromatic carbocycles. The highest BCUT2D eigenvalue weighted by molar-refractivity contribution is 5.24. The van der Waals surface area contributed by atoms with Crippen LogP contribution in [0.1, 0.15) is 105 Å². The van der Waals surface area contributed by atoms with Gasteiger partial charge in [-0.15, -0.1) is 0 Å². The molecular formula is C34H55NO. The van der Waals surface area contributed by atoms with E-state index in [2.05, 4.69) is 97.8 Å². The lowest BCUT2D eigenvalue weighted by Gasteiger charge is -2.35. The van der Waals surface area contributed by atoms with Crippen molar-refractivity contribution in [3.8, 4) is 0 Å². The fourth-order valence-electron chi connectivity index (χ4n) is 6.02. The van der Waals surface area contributed by atoms with E-state index in [1.807, 2.05) is 0 Å². The molecule has 0 saturated heterocycles. The Bertz CT molecular complexity index is 839. The molecule has 1 aliphatic rings. The predicted molar refractivity (Wildman–Crippen MR) is 158 cm³/mol. The third-order valence-electron chi connectivity index (χ3n) is 7.44. The fourth-order valence-corrected chi connectivity index (χ4v) is 6.02. The number of rotatable bonds is 14. The third kappa shape index (κ3) is 11.4. The Morgan fingerprint density at radius 1 is 1.00 bits per heavy atom. The van der Waals surface area contributed by atoms with Crippen LogP contribution >= 0.6 is 0 Å². The van der Waals surface area contributed by atoms with Gasteiger partial charge < -0.3 is 10.1 Å². The van der Waals surface area contributed by atoms with E-state index in [4.69, 9.17) is 4.74 Å². The Morgan fingerprint density at radius 3 is 2.19 bits per heavy atom. The van der Waals surface area contributed by atoms with Crippen LogP contribution in [0.3, 0.4) is 0 Å². The summed E-state index contributed by atoms with van der Waals surface area (Å²) in [7, 11) is 0. The van der Waals surface area contributed by atoms with Crippen LogP contribution in [0.5, 0.6) is 0 Å². The van der Waals surface area contributed by atoms with Crippen LogP contribution in [-0.4, -0.2) is 11.6 Å². The number of benzene rings is 1. The zero-order valence-corrected chi connectivity index (χ0v) is 24.6. The Balaban J connectivity index is 2.01. The van der Waals surface area contributed by atoms with E-state index in [1.165, 1.54) is 48.0 Å². The Labute approximate surface area is 223 Å². The summed E-state index contributed by atoms with van der Waals surface area (Å²) in [6.45, 7) is 28.8. The van der Waals surface area contributed by atoms with Crippen molar-refractivity contribution in [3.05, 3.63) is 72.2 Å². The number of hydrogen-bond acceptors (Lipinski definition) is 2. The average molecular weight is 494 g/mol. The minimum absolute atomic E-state index is 0.0924. The molecule has 0 spiro atoms. The minimum Gasteiger partial charge on any atom is -0.474 e. The van der Waals surface area contributed by atoms with Crippen molar-refractivity contribution >= 4 is 0 Å². The van der Waals surface area contributed by atoms with Gasteiger partial charge in [-0.2, -0.15) is 0 Å². The number of ether oxygens (including phenoxy) is 1. The molecule has 0 radical (unpaired) electrons. The number of aryl methyl sites for hydroxylation is 2. The largest absolute Gasteiger partial charge is 0.474 e. The maximum Gasteiger partial charge on any atom is 0.180 e. The Hall–Kier alpha value is -1.96. The zero-order valence-electron chi connectivity index (χ0n) is 24.6. The topological polar surface area (TPSA) is 21.3 Å². The minimum atomic E-state index is -0.280. The van der Waals surface area contributed by atoms with E-state index in [0.717, 1.165) is 55.8 Å². The molecule has 1 fully saturated rings. The highest BCUT2D eigenvalue weighted by Gasteiger charge is 2.28. The van der Waals surface area contributed by atoms with Crippen LogP contribution in [0.15, 0.2) is 61.0 Å². The van der Waals surface area contributed by atoms with Gasteiger partial charge in [0.25, 0.3) is 0 Å². The highest BCUT2D eigenvalue weighted by atomic mass is 16.5. The predicted octanol–water partition coefficient (Wildman–Crippen LogP) is 9.42. The van der Waals surface area contributed by atoms with Crippen molar-refractivity contribution in [1.82, 2.24) is 5.32 Å². The van der Waals surface area contributed by atoms with Crippen molar-refractivity contribution in [2.24, 2.45) is 23.7 Å². The van der Waals surface area contributed by atoms with E-state index in [1.54, 1.807) is 0 Å². The molecule has 0 aromatic heterocycles. The van der Waals surface area contributed by atoms with Gasteiger partial charge in [0.15, 0.2) is 5.88 Å². The van der Waals surface area contributed by atoms with E-state index >= 15 is 0 Å². The summed E-state index contributed by atoms with van der Waals surface area (Å²) in [4.78, 5) is 0. The maximum absolute atomic E-state index is 6.03. The van der Waals surface area contributed by atoms with Gasteiger partial charge >= 0.3 is 0 Å². The Morgan fingerprint density at radius 2 is 1.61 bits per heavy atom. The molecule has 1 aromatic rings. The molecule has 2 rings (SSSR count).